The minimum absolute atomic E-state index is 0.189. The highest BCUT2D eigenvalue weighted by Gasteiger charge is 2.25. The average molecular weight is 271 g/mol. The van der Waals surface area contributed by atoms with E-state index < -0.39 is 0 Å². The maximum Gasteiger partial charge on any atom is 0.322 e. The lowest BCUT2D eigenvalue weighted by Gasteiger charge is -2.36. The summed E-state index contributed by atoms with van der Waals surface area (Å²) in [5, 5.41) is 0.189. The molecular weight excluding hydrogens is 252 g/mol. The monoisotopic (exact) mass is 270 g/mol. The molecule has 1 aliphatic heterocycles. The van der Waals surface area contributed by atoms with Gasteiger partial charge in [0, 0.05) is 12.6 Å². The van der Waals surface area contributed by atoms with Crippen molar-refractivity contribution in [1.82, 2.24) is 15.0 Å². The number of aromatic nitrogens is 3. The van der Waals surface area contributed by atoms with E-state index in [9.17, 15) is 0 Å². The first-order chi connectivity index (χ1) is 8.60. The van der Waals surface area contributed by atoms with Crippen LogP contribution in [0.2, 0.25) is 5.28 Å². The first-order valence-electron chi connectivity index (χ1n) is 6.41. The fourth-order valence-electron chi connectivity index (χ4n) is 2.21. The third-order valence-electron chi connectivity index (χ3n) is 3.22. The number of piperidine rings is 1. The third kappa shape index (κ3) is 3.02. The highest BCUT2D eigenvalue weighted by Crippen LogP contribution is 2.26. The lowest BCUT2D eigenvalue weighted by Crippen LogP contribution is -2.42. The summed E-state index contributed by atoms with van der Waals surface area (Å²) < 4.78 is 5.31. The van der Waals surface area contributed by atoms with E-state index >= 15 is 0 Å². The van der Waals surface area contributed by atoms with Gasteiger partial charge in [-0.05, 0) is 44.2 Å². The Hall–Kier alpha value is -1.10. The van der Waals surface area contributed by atoms with Crippen LogP contribution in [-0.2, 0) is 0 Å². The van der Waals surface area contributed by atoms with E-state index in [0.29, 0.717) is 30.5 Å². The van der Waals surface area contributed by atoms with Crippen molar-refractivity contribution in [2.75, 3.05) is 18.1 Å². The van der Waals surface area contributed by atoms with Crippen LogP contribution < -0.4 is 9.64 Å². The van der Waals surface area contributed by atoms with E-state index in [-0.39, 0.29) is 5.28 Å². The van der Waals surface area contributed by atoms with E-state index in [1.807, 2.05) is 6.92 Å². The number of rotatable bonds is 3. The summed E-state index contributed by atoms with van der Waals surface area (Å²) in [7, 11) is 0. The topological polar surface area (TPSA) is 51.1 Å². The molecule has 18 heavy (non-hydrogen) atoms. The maximum atomic E-state index is 5.92. The molecule has 2 atom stereocenters. The Labute approximate surface area is 113 Å². The maximum absolute atomic E-state index is 5.92. The summed E-state index contributed by atoms with van der Waals surface area (Å²) in [6, 6.07) is 0.729. The van der Waals surface area contributed by atoms with Gasteiger partial charge in [-0.3, -0.25) is 0 Å². The fraction of sp³-hybridized carbons (Fsp3) is 0.750. The van der Waals surface area contributed by atoms with Gasteiger partial charge in [-0.1, -0.05) is 6.92 Å². The van der Waals surface area contributed by atoms with Crippen LogP contribution >= 0.6 is 11.6 Å². The predicted molar refractivity (Wildman–Crippen MR) is 71.2 cm³/mol. The summed E-state index contributed by atoms with van der Waals surface area (Å²) in [5.74, 6) is 1.27. The fourth-order valence-corrected chi connectivity index (χ4v) is 2.36. The van der Waals surface area contributed by atoms with Crippen LogP contribution in [0.25, 0.3) is 0 Å². The Morgan fingerprint density at radius 3 is 2.78 bits per heavy atom. The van der Waals surface area contributed by atoms with Crippen LogP contribution in [0.4, 0.5) is 5.95 Å². The molecule has 2 rings (SSSR count). The summed E-state index contributed by atoms with van der Waals surface area (Å²) in [6.07, 6.45) is 2.39. The van der Waals surface area contributed by atoms with Crippen molar-refractivity contribution >= 4 is 17.5 Å². The van der Waals surface area contributed by atoms with Crippen LogP contribution in [-0.4, -0.2) is 34.1 Å². The normalized spacial score (nSPS) is 24.1. The Balaban J connectivity index is 2.25. The second-order valence-electron chi connectivity index (χ2n) is 4.80. The zero-order valence-electron chi connectivity index (χ0n) is 11.1. The molecule has 2 unspecified atom stereocenters. The number of hydrogen-bond acceptors (Lipinski definition) is 5. The number of nitrogens with zero attached hydrogens (tertiary/aromatic N) is 4. The van der Waals surface area contributed by atoms with E-state index in [0.717, 1.165) is 13.0 Å². The smallest absolute Gasteiger partial charge is 0.322 e. The van der Waals surface area contributed by atoms with Gasteiger partial charge in [0.05, 0.1) is 6.61 Å². The van der Waals surface area contributed by atoms with Gasteiger partial charge in [0.1, 0.15) is 0 Å². The SMILES string of the molecule is CCOc1nc(Cl)nc(N2CC(C)CCC2C)n1. The molecule has 1 aromatic rings. The van der Waals surface area contributed by atoms with E-state index in [4.69, 9.17) is 16.3 Å². The summed E-state index contributed by atoms with van der Waals surface area (Å²) in [4.78, 5) is 14.7. The summed E-state index contributed by atoms with van der Waals surface area (Å²) >= 11 is 5.92. The van der Waals surface area contributed by atoms with Crippen molar-refractivity contribution in [2.45, 2.75) is 39.7 Å². The molecule has 100 valence electrons. The van der Waals surface area contributed by atoms with Crippen molar-refractivity contribution in [3.63, 3.8) is 0 Å². The minimum atomic E-state index is 0.189. The number of ether oxygens (including phenoxy) is 1. The molecule has 0 aliphatic carbocycles. The van der Waals surface area contributed by atoms with Crippen molar-refractivity contribution in [3.8, 4) is 6.01 Å². The van der Waals surface area contributed by atoms with Gasteiger partial charge in [-0.15, -0.1) is 0 Å². The van der Waals surface area contributed by atoms with Crippen molar-refractivity contribution in [1.29, 1.82) is 0 Å². The molecule has 0 amide bonds. The Morgan fingerprint density at radius 1 is 1.28 bits per heavy atom. The zero-order valence-corrected chi connectivity index (χ0v) is 11.8. The molecule has 1 fully saturated rings. The highest BCUT2D eigenvalue weighted by atomic mass is 35.5. The molecule has 0 aromatic carbocycles. The van der Waals surface area contributed by atoms with Gasteiger partial charge in [-0.25, -0.2) is 0 Å². The van der Waals surface area contributed by atoms with Crippen molar-refractivity contribution in [2.24, 2.45) is 5.92 Å². The molecule has 1 aromatic heterocycles. The lowest BCUT2D eigenvalue weighted by molar-refractivity contribution is 0.309. The molecule has 0 saturated carbocycles. The third-order valence-corrected chi connectivity index (χ3v) is 3.39. The minimum Gasteiger partial charge on any atom is -0.464 e. The molecule has 2 heterocycles. The second-order valence-corrected chi connectivity index (χ2v) is 5.14. The molecule has 1 saturated heterocycles. The average Bonchev–Trinajstić information content (AvgIpc) is 2.32. The van der Waals surface area contributed by atoms with Gasteiger partial charge in [0.15, 0.2) is 0 Å². The van der Waals surface area contributed by atoms with Gasteiger partial charge < -0.3 is 9.64 Å². The number of anilines is 1. The Bertz CT molecular complexity index is 415. The van der Waals surface area contributed by atoms with Gasteiger partial charge in [0.25, 0.3) is 0 Å². The van der Waals surface area contributed by atoms with Crippen LogP contribution in [0.15, 0.2) is 0 Å². The highest BCUT2D eigenvalue weighted by molar-refractivity contribution is 6.28. The van der Waals surface area contributed by atoms with E-state index in [2.05, 4.69) is 33.7 Å². The largest absolute Gasteiger partial charge is 0.464 e. The van der Waals surface area contributed by atoms with Gasteiger partial charge >= 0.3 is 6.01 Å². The summed E-state index contributed by atoms with van der Waals surface area (Å²) in [5.41, 5.74) is 0. The van der Waals surface area contributed by atoms with Crippen LogP contribution in [0.3, 0.4) is 0 Å². The van der Waals surface area contributed by atoms with Gasteiger partial charge in [-0.2, -0.15) is 15.0 Å². The first-order valence-corrected chi connectivity index (χ1v) is 6.79. The molecule has 0 bridgehead atoms. The molecule has 0 radical (unpaired) electrons. The predicted octanol–water partition coefficient (Wildman–Crippen LogP) is 2.55. The molecule has 0 spiro atoms. The number of halogens is 1. The lowest BCUT2D eigenvalue weighted by atomic mass is 9.95. The molecular formula is C12H19ClN4O. The van der Waals surface area contributed by atoms with Crippen molar-refractivity contribution < 1.29 is 4.74 Å². The molecule has 0 N–H and O–H groups in total. The first kappa shape index (κ1) is 13.3. The second kappa shape index (κ2) is 5.69. The quantitative estimate of drug-likeness (QED) is 0.845. The van der Waals surface area contributed by atoms with Crippen LogP contribution in [0.1, 0.15) is 33.6 Å². The summed E-state index contributed by atoms with van der Waals surface area (Å²) in [6.45, 7) is 7.79. The zero-order chi connectivity index (χ0) is 13.1. The van der Waals surface area contributed by atoms with Gasteiger partial charge in [0.2, 0.25) is 11.2 Å². The van der Waals surface area contributed by atoms with Crippen LogP contribution in [0.5, 0.6) is 6.01 Å². The molecule has 5 nitrogen and oxygen atoms in total. The van der Waals surface area contributed by atoms with Crippen LogP contribution in [0, 0.1) is 5.92 Å². The number of hydrogen-bond donors (Lipinski definition) is 0. The Morgan fingerprint density at radius 2 is 2.06 bits per heavy atom. The Kier molecular flexibility index (Phi) is 4.22. The van der Waals surface area contributed by atoms with E-state index in [1.165, 1.54) is 6.42 Å². The molecule has 6 heteroatoms. The molecule has 1 aliphatic rings. The van der Waals surface area contributed by atoms with E-state index in [1.54, 1.807) is 0 Å². The standard InChI is InChI=1S/C12H19ClN4O/c1-4-18-12-15-10(13)14-11(16-12)17-7-8(2)5-6-9(17)3/h8-9H,4-7H2,1-3H3. The van der Waals surface area contributed by atoms with Crippen molar-refractivity contribution in [3.05, 3.63) is 5.28 Å².